The van der Waals surface area contributed by atoms with Crippen LogP contribution in [0, 0.1) is 0 Å². The van der Waals surface area contributed by atoms with Gasteiger partial charge in [-0.1, -0.05) is 30.3 Å². The van der Waals surface area contributed by atoms with E-state index >= 15 is 0 Å². The van der Waals surface area contributed by atoms with Crippen molar-refractivity contribution in [3.05, 3.63) is 72.4 Å². The molecule has 0 aliphatic rings. The molecule has 0 bridgehead atoms. The lowest BCUT2D eigenvalue weighted by atomic mass is 10.1. The van der Waals surface area contributed by atoms with Gasteiger partial charge in [0.05, 0.1) is 26.1 Å². The highest BCUT2D eigenvalue weighted by molar-refractivity contribution is 5.91. The van der Waals surface area contributed by atoms with E-state index in [0.29, 0.717) is 53.7 Å². The SMILES string of the molecule is CCNC(=O)N(CCc1ccccc1)c1cnc2ccc(-c3ccc(OC)c(OC)c3)nc2n1. The third-order valence-electron chi connectivity index (χ3n) is 5.39. The summed E-state index contributed by atoms with van der Waals surface area (Å²) in [4.78, 5) is 28.3. The van der Waals surface area contributed by atoms with Gasteiger partial charge in [0.1, 0.15) is 5.52 Å². The molecule has 2 amide bonds. The number of aromatic nitrogens is 3. The second kappa shape index (κ2) is 10.6. The van der Waals surface area contributed by atoms with Crippen molar-refractivity contribution in [1.82, 2.24) is 20.3 Å². The van der Waals surface area contributed by atoms with E-state index in [2.05, 4.69) is 15.3 Å². The van der Waals surface area contributed by atoms with Crippen LogP contribution in [0.5, 0.6) is 11.5 Å². The predicted molar refractivity (Wildman–Crippen MR) is 132 cm³/mol. The Morgan fingerprint density at radius 3 is 2.50 bits per heavy atom. The summed E-state index contributed by atoms with van der Waals surface area (Å²) >= 11 is 0. The molecule has 8 nitrogen and oxygen atoms in total. The first-order valence-corrected chi connectivity index (χ1v) is 11.1. The third-order valence-corrected chi connectivity index (χ3v) is 5.39. The first kappa shape index (κ1) is 23.0. The average molecular weight is 458 g/mol. The van der Waals surface area contributed by atoms with Crippen molar-refractivity contribution in [2.45, 2.75) is 13.3 Å². The van der Waals surface area contributed by atoms with Crippen LogP contribution in [0.4, 0.5) is 10.6 Å². The zero-order valence-corrected chi connectivity index (χ0v) is 19.5. The highest BCUT2D eigenvalue weighted by Gasteiger charge is 2.18. The average Bonchev–Trinajstić information content (AvgIpc) is 2.88. The zero-order chi connectivity index (χ0) is 23.9. The molecule has 0 radical (unpaired) electrons. The number of hydrogen-bond acceptors (Lipinski definition) is 6. The van der Waals surface area contributed by atoms with E-state index in [0.717, 1.165) is 11.1 Å². The first-order chi connectivity index (χ1) is 16.6. The molecule has 2 heterocycles. The van der Waals surface area contributed by atoms with Gasteiger partial charge >= 0.3 is 6.03 Å². The van der Waals surface area contributed by atoms with E-state index in [1.807, 2.05) is 67.6 Å². The van der Waals surface area contributed by atoms with Gasteiger partial charge in [0, 0.05) is 18.7 Å². The second-order valence-corrected chi connectivity index (χ2v) is 7.56. The Bertz CT molecular complexity index is 1280. The van der Waals surface area contributed by atoms with Gasteiger partial charge in [0.25, 0.3) is 0 Å². The molecule has 8 heteroatoms. The van der Waals surface area contributed by atoms with Crippen LogP contribution in [0.2, 0.25) is 0 Å². The van der Waals surface area contributed by atoms with Gasteiger partial charge in [-0.3, -0.25) is 4.90 Å². The normalized spacial score (nSPS) is 10.7. The van der Waals surface area contributed by atoms with Gasteiger partial charge in [0.15, 0.2) is 23.0 Å². The molecular formula is C26H27N5O3. The summed E-state index contributed by atoms with van der Waals surface area (Å²) in [6.07, 6.45) is 2.30. The van der Waals surface area contributed by atoms with Crippen molar-refractivity contribution in [3.8, 4) is 22.8 Å². The van der Waals surface area contributed by atoms with Crippen LogP contribution in [-0.2, 0) is 6.42 Å². The van der Waals surface area contributed by atoms with Gasteiger partial charge in [0.2, 0.25) is 0 Å². The molecular weight excluding hydrogens is 430 g/mol. The second-order valence-electron chi connectivity index (χ2n) is 7.56. The summed E-state index contributed by atoms with van der Waals surface area (Å²) in [5.74, 6) is 1.71. The molecule has 0 unspecified atom stereocenters. The van der Waals surface area contributed by atoms with Gasteiger partial charge in [-0.25, -0.2) is 19.7 Å². The smallest absolute Gasteiger partial charge is 0.323 e. The third kappa shape index (κ3) is 5.06. The molecule has 0 aliphatic carbocycles. The molecule has 0 saturated carbocycles. The fourth-order valence-corrected chi connectivity index (χ4v) is 3.63. The number of nitrogens with one attached hydrogen (secondary N) is 1. The molecule has 0 aliphatic heterocycles. The number of carbonyl (C=O) groups excluding carboxylic acids is 1. The van der Waals surface area contributed by atoms with Crippen molar-refractivity contribution >= 4 is 23.0 Å². The summed E-state index contributed by atoms with van der Waals surface area (Å²) < 4.78 is 10.7. The maximum Gasteiger partial charge on any atom is 0.323 e. The summed E-state index contributed by atoms with van der Waals surface area (Å²) in [7, 11) is 3.19. The number of nitrogens with zero attached hydrogens (tertiary/aromatic N) is 4. The number of fused-ring (bicyclic) bond motifs is 1. The molecule has 0 fully saturated rings. The number of hydrogen-bond donors (Lipinski definition) is 1. The molecule has 34 heavy (non-hydrogen) atoms. The van der Waals surface area contributed by atoms with Crippen molar-refractivity contribution < 1.29 is 14.3 Å². The molecule has 0 spiro atoms. The van der Waals surface area contributed by atoms with Crippen LogP contribution in [0.3, 0.4) is 0 Å². The number of amides is 2. The van der Waals surface area contributed by atoms with Crippen LogP contribution < -0.4 is 19.7 Å². The van der Waals surface area contributed by atoms with E-state index in [-0.39, 0.29) is 6.03 Å². The number of benzene rings is 2. The van der Waals surface area contributed by atoms with Crippen LogP contribution in [0.1, 0.15) is 12.5 Å². The lowest BCUT2D eigenvalue weighted by Crippen LogP contribution is -2.41. The van der Waals surface area contributed by atoms with Crippen LogP contribution in [0.15, 0.2) is 66.9 Å². The Labute approximate surface area is 198 Å². The summed E-state index contributed by atoms with van der Waals surface area (Å²) in [5, 5.41) is 2.86. The van der Waals surface area contributed by atoms with E-state index in [1.165, 1.54) is 0 Å². The highest BCUT2D eigenvalue weighted by atomic mass is 16.5. The number of ether oxygens (including phenoxy) is 2. The summed E-state index contributed by atoms with van der Waals surface area (Å²) in [6, 6.07) is 19.2. The molecule has 4 aromatic rings. The molecule has 2 aromatic carbocycles. The largest absolute Gasteiger partial charge is 0.493 e. The number of carbonyl (C=O) groups is 1. The van der Waals surface area contributed by atoms with Gasteiger partial charge < -0.3 is 14.8 Å². The van der Waals surface area contributed by atoms with Crippen molar-refractivity contribution in [2.75, 3.05) is 32.2 Å². The molecule has 174 valence electrons. The molecule has 0 atom stereocenters. The highest BCUT2D eigenvalue weighted by Crippen LogP contribution is 2.32. The van der Waals surface area contributed by atoms with Crippen molar-refractivity contribution in [2.24, 2.45) is 0 Å². The molecule has 4 rings (SSSR count). The topological polar surface area (TPSA) is 89.5 Å². The minimum absolute atomic E-state index is 0.219. The minimum Gasteiger partial charge on any atom is -0.493 e. The van der Waals surface area contributed by atoms with E-state index in [4.69, 9.17) is 14.5 Å². The minimum atomic E-state index is -0.219. The first-order valence-electron chi connectivity index (χ1n) is 11.1. The van der Waals surface area contributed by atoms with Gasteiger partial charge in [-0.05, 0) is 49.2 Å². The Kier molecular flexibility index (Phi) is 7.17. The molecule has 2 aromatic heterocycles. The zero-order valence-electron chi connectivity index (χ0n) is 19.5. The predicted octanol–water partition coefficient (Wildman–Crippen LogP) is 4.49. The number of methoxy groups -OCH3 is 2. The number of pyridine rings is 1. The Balaban J connectivity index is 1.67. The maximum atomic E-state index is 12.8. The van der Waals surface area contributed by atoms with E-state index < -0.39 is 0 Å². The summed E-state index contributed by atoms with van der Waals surface area (Å²) in [5.41, 5.74) is 3.82. The summed E-state index contributed by atoms with van der Waals surface area (Å²) in [6.45, 7) is 2.87. The van der Waals surface area contributed by atoms with E-state index in [9.17, 15) is 4.79 Å². The monoisotopic (exact) mass is 457 g/mol. The van der Waals surface area contributed by atoms with Crippen LogP contribution >= 0.6 is 0 Å². The lowest BCUT2D eigenvalue weighted by Gasteiger charge is -2.22. The Morgan fingerprint density at radius 2 is 1.76 bits per heavy atom. The fourth-order valence-electron chi connectivity index (χ4n) is 3.63. The van der Waals surface area contributed by atoms with Crippen molar-refractivity contribution in [1.29, 1.82) is 0 Å². The molecule has 1 N–H and O–H groups in total. The van der Waals surface area contributed by atoms with Gasteiger partial charge in [-0.2, -0.15) is 0 Å². The van der Waals surface area contributed by atoms with Gasteiger partial charge in [-0.15, -0.1) is 0 Å². The standard InChI is InChI=1S/C26H27N5O3/c1-4-27-26(32)31(15-14-18-8-6-5-7-9-18)24-17-28-21-12-11-20(29-25(21)30-24)19-10-13-22(33-2)23(16-19)34-3/h5-13,16-17H,4,14-15H2,1-3H3,(H,27,32). The van der Waals surface area contributed by atoms with Crippen molar-refractivity contribution in [3.63, 3.8) is 0 Å². The Hall–Kier alpha value is -4.20. The fraction of sp³-hybridized carbons (Fsp3) is 0.231. The Morgan fingerprint density at radius 1 is 0.971 bits per heavy atom. The maximum absolute atomic E-state index is 12.8. The number of anilines is 1. The molecule has 0 saturated heterocycles. The van der Waals surface area contributed by atoms with Crippen LogP contribution in [0.25, 0.3) is 22.4 Å². The van der Waals surface area contributed by atoms with E-state index in [1.54, 1.807) is 25.3 Å². The number of urea groups is 1. The number of rotatable bonds is 8. The lowest BCUT2D eigenvalue weighted by molar-refractivity contribution is 0.246. The quantitative estimate of drug-likeness (QED) is 0.419. The van der Waals surface area contributed by atoms with Crippen LogP contribution in [-0.4, -0.2) is 48.3 Å².